The van der Waals surface area contributed by atoms with Crippen LogP contribution in [0.5, 0.6) is 5.75 Å². The summed E-state index contributed by atoms with van der Waals surface area (Å²) >= 11 is 0. The second kappa shape index (κ2) is 10.4. The molecule has 1 fully saturated rings. The van der Waals surface area contributed by atoms with Gasteiger partial charge in [-0.3, -0.25) is 4.79 Å². The van der Waals surface area contributed by atoms with Crippen molar-refractivity contribution in [2.24, 2.45) is 5.92 Å². The highest BCUT2D eigenvalue weighted by Gasteiger charge is 2.38. The normalized spacial score (nSPS) is 16.9. The van der Waals surface area contributed by atoms with Crippen molar-refractivity contribution in [1.29, 1.82) is 0 Å². The van der Waals surface area contributed by atoms with E-state index in [0.717, 1.165) is 0 Å². The van der Waals surface area contributed by atoms with Gasteiger partial charge in [-0.15, -0.1) is 0 Å². The number of H-pyrrole nitrogens is 1. The molecule has 0 radical (unpaired) electrons. The summed E-state index contributed by atoms with van der Waals surface area (Å²) in [5.74, 6) is -0.724. The van der Waals surface area contributed by atoms with Gasteiger partial charge in [-0.25, -0.2) is 13.2 Å². The van der Waals surface area contributed by atoms with Crippen molar-refractivity contribution >= 4 is 27.6 Å². The molecule has 0 bridgehead atoms. The first-order valence-electron chi connectivity index (χ1n) is 11.1. The molecule has 1 amide bonds. The Balaban J connectivity index is 1.78. The third kappa shape index (κ3) is 5.39. The molecule has 0 saturated carbocycles. The van der Waals surface area contributed by atoms with Crippen molar-refractivity contribution in [1.82, 2.24) is 9.29 Å². The summed E-state index contributed by atoms with van der Waals surface area (Å²) in [5.41, 5.74) is 1.45. The average Bonchev–Trinajstić information content (AvgIpc) is 3.10. The molecule has 180 valence electrons. The maximum atomic E-state index is 13.5. The fourth-order valence-corrected chi connectivity index (χ4v) is 6.02. The minimum absolute atomic E-state index is 0.0234. The number of nitrogens with one attached hydrogen (secondary N) is 2. The molecule has 1 aliphatic heterocycles. The highest BCUT2D eigenvalue weighted by Crippen LogP contribution is 2.31. The quantitative estimate of drug-likeness (QED) is 0.564. The third-order valence-corrected chi connectivity index (χ3v) is 7.62. The number of rotatable bonds is 8. The summed E-state index contributed by atoms with van der Waals surface area (Å²) in [6.45, 7) is 7.82. The van der Waals surface area contributed by atoms with Crippen LogP contribution in [-0.2, 0) is 19.6 Å². The summed E-state index contributed by atoms with van der Waals surface area (Å²) in [6.07, 6.45) is 1.11. The van der Waals surface area contributed by atoms with Crippen LogP contribution < -0.4 is 10.1 Å². The lowest BCUT2D eigenvalue weighted by Gasteiger charge is -2.31. The molecule has 1 aromatic carbocycles. The second-order valence-electron chi connectivity index (χ2n) is 7.95. The summed E-state index contributed by atoms with van der Waals surface area (Å²) < 4.78 is 38.8. The Morgan fingerprint density at radius 2 is 1.82 bits per heavy atom. The molecular formula is C23H31N3O6S. The first-order chi connectivity index (χ1) is 15.7. The Kier molecular flexibility index (Phi) is 7.80. The zero-order valence-corrected chi connectivity index (χ0v) is 20.3. The molecule has 2 heterocycles. The highest BCUT2D eigenvalue weighted by molar-refractivity contribution is 7.89. The van der Waals surface area contributed by atoms with Crippen molar-refractivity contribution in [3.05, 3.63) is 41.2 Å². The van der Waals surface area contributed by atoms with Gasteiger partial charge in [0.05, 0.1) is 19.1 Å². The molecule has 1 aliphatic rings. The van der Waals surface area contributed by atoms with Crippen LogP contribution in [0.15, 0.2) is 29.2 Å². The first-order valence-corrected chi connectivity index (χ1v) is 12.5. The number of carbonyl (C=O) groups is 2. The summed E-state index contributed by atoms with van der Waals surface area (Å²) in [4.78, 5) is 28.2. The number of amides is 1. The largest absolute Gasteiger partial charge is 0.494 e. The van der Waals surface area contributed by atoms with Crippen LogP contribution in [0.3, 0.4) is 0 Å². The minimum atomic E-state index is -4.01. The van der Waals surface area contributed by atoms with Gasteiger partial charge in [-0.2, -0.15) is 4.31 Å². The molecule has 3 rings (SSSR count). The van der Waals surface area contributed by atoms with E-state index in [1.54, 1.807) is 45.0 Å². The van der Waals surface area contributed by atoms with E-state index in [1.165, 1.54) is 4.31 Å². The van der Waals surface area contributed by atoms with Gasteiger partial charge in [0.1, 0.15) is 16.2 Å². The van der Waals surface area contributed by atoms with Gasteiger partial charge in [0.2, 0.25) is 15.9 Å². The topological polar surface area (TPSA) is 118 Å². The fourth-order valence-electron chi connectivity index (χ4n) is 4.08. The minimum Gasteiger partial charge on any atom is -0.494 e. The van der Waals surface area contributed by atoms with Crippen molar-refractivity contribution in [3.63, 3.8) is 0 Å². The number of anilines is 1. The fraction of sp³-hybridized carbons (Fsp3) is 0.478. The van der Waals surface area contributed by atoms with E-state index in [-0.39, 0.29) is 36.1 Å². The zero-order valence-electron chi connectivity index (χ0n) is 19.4. The molecule has 1 aromatic heterocycles. The van der Waals surface area contributed by atoms with E-state index >= 15 is 0 Å². The third-order valence-electron chi connectivity index (χ3n) is 5.58. The number of hydrogen-bond acceptors (Lipinski definition) is 6. The van der Waals surface area contributed by atoms with Crippen LogP contribution in [0, 0.1) is 19.8 Å². The lowest BCUT2D eigenvalue weighted by Crippen LogP contribution is -2.44. The number of sulfonamides is 1. The smallest absolute Gasteiger partial charge is 0.341 e. The standard InChI is InChI=1S/C23H31N3O6S/c1-5-31-19-11-9-18(10-12-19)25-22(27)17-8-7-13-26(14-17)33(29,30)21-16(4)24-15(3)20(21)23(28)32-6-2/h9-12,17,24H,5-8,13-14H2,1-4H3,(H,25,27)/t17-/m0/s1. The van der Waals surface area contributed by atoms with Gasteiger partial charge >= 0.3 is 5.97 Å². The highest BCUT2D eigenvalue weighted by atomic mass is 32.2. The number of hydrogen-bond donors (Lipinski definition) is 2. The van der Waals surface area contributed by atoms with Crippen LogP contribution in [-0.4, -0.2) is 55.9 Å². The van der Waals surface area contributed by atoms with E-state index in [0.29, 0.717) is 42.3 Å². The number of aromatic nitrogens is 1. The Labute approximate surface area is 194 Å². The van der Waals surface area contributed by atoms with Crippen LogP contribution in [0.4, 0.5) is 5.69 Å². The van der Waals surface area contributed by atoms with Gasteiger partial charge in [-0.1, -0.05) is 0 Å². The van der Waals surface area contributed by atoms with Crippen molar-refractivity contribution in [2.75, 3.05) is 31.6 Å². The molecular weight excluding hydrogens is 446 g/mol. The lowest BCUT2D eigenvalue weighted by atomic mass is 9.99. The number of carbonyl (C=O) groups excluding carboxylic acids is 2. The number of benzene rings is 1. The maximum Gasteiger partial charge on any atom is 0.341 e. The van der Waals surface area contributed by atoms with Crippen LogP contribution in [0.2, 0.25) is 0 Å². The Hall–Kier alpha value is -2.85. The summed E-state index contributed by atoms with van der Waals surface area (Å²) in [7, 11) is -4.01. The molecule has 0 spiro atoms. The molecule has 2 N–H and O–H groups in total. The molecule has 1 saturated heterocycles. The SMILES string of the molecule is CCOC(=O)c1c(C)[nH]c(C)c1S(=O)(=O)N1CCC[C@H](C(=O)Nc2ccc(OCC)cc2)C1. The van der Waals surface area contributed by atoms with Gasteiger partial charge in [0.25, 0.3) is 0 Å². The molecule has 0 aliphatic carbocycles. The second-order valence-corrected chi connectivity index (χ2v) is 9.82. The Morgan fingerprint density at radius 3 is 2.45 bits per heavy atom. The number of esters is 1. The van der Waals surface area contributed by atoms with Crippen molar-refractivity contribution in [3.8, 4) is 5.75 Å². The van der Waals surface area contributed by atoms with Gasteiger partial charge in [0.15, 0.2) is 0 Å². The number of ether oxygens (including phenoxy) is 2. The maximum absolute atomic E-state index is 13.5. The summed E-state index contributed by atoms with van der Waals surface area (Å²) in [5, 5.41) is 2.86. The number of nitrogens with zero attached hydrogens (tertiary/aromatic N) is 1. The van der Waals surface area contributed by atoms with E-state index in [4.69, 9.17) is 9.47 Å². The van der Waals surface area contributed by atoms with E-state index in [1.807, 2.05) is 6.92 Å². The van der Waals surface area contributed by atoms with Crippen LogP contribution in [0.1, 0.15) is 48.4 Å². The molecule has 33 heavy (non-hydrogen) atoms. The summed E-state index contributed by atoms with van der Waals surface area (Å²) in [6, 6.07) is 7.03. The van der Waals surface area contributed by atoms with Crippen molar-refractivity contribution < 1.29 is 27.5 Å². The predicted octanol–water partition coefficient (Wildman–Crippen LogP) is 3.25. The molecule has 1 atom stereocenters. The van der Waals surface area contributed by atoms with Gasteiger partial charge < -0.3 is 19.8 Å². The van der Waals surface area contributed by atoms with Crippen LogP contribution >= 0.6 is 0 Å². The first kappa shape index (κ1) is 24.8. The zero-order chi connectivity index (χ0) is 24.2. The number of aromatic amines is 1. The Morgan fingerprint density at radius 1 is 1.12 bits per heavy atom. The molecule has 2 aromatic rings. The van der Waals surface area contributed by atoms with E-state index < -0.39 is 21.9 Å². The Bertz CT molecular complexity index is 1110. The number of aryl methyl sites for hydroxylation is 2. The van der Waals surface area contributed by atoms with E-state index in [2.05, 4.69) is 10.3 Å². The van der Waals surface area contributed by atoms with Crippen LogP contribution in [0.25, 0.3) is 0 Å². The van der Waals surface area contributed by atoms with E-state index in [9.17, 15) is 18.0 Å². The predicted molar refractivity (Wildman–Crippen MR) is 124 cm³/mol. The average molecular weight is 478 g/mol. The number of piperidine rings is 1. The monoisotopic (exact) mass is 477 g/mol. The molecule has 0 unspecified atom stereocenters. The lowest BCUT2D eigenvalue weighted by molar-refractivity contribution is -0.120. The van der Waals surface area contributed by atoms with Gasteiger partial charge in [0, 0.05) is 30.2 Å². The van der Waals surface area contributed by atoms with Gasteiger partial charge in [-0.05, 0) is 64.8 Å². The molecule has 10 heteroatoms. The molecule has 9 nitrogen and oxygen atoms in total. The van der Waals surface area contributed by atoms with Crippen molar-refractivity contribution in [2.45, 2.75) is 45.4 Å².